The second-order valence-electron chi connectivity index (χ2n) is 6.13. The first-order valence-corrected chi connectivity index (χ1v) is 7.89. The summed E-state index contributed by atoms with van der Waals surface area (Å²) in [5, 5.41) is 10.3. The number of benzene rings is 1. The predicted octanol–water partition coefficient (Wildman–Crippen LogP) is 4.26. The van der Waals surface area contributed by atoms with E-state index in [1.165, 1.54) is 6.42 Å². The molecule has 2 aliphatic carbocycles. The second-order valence-corrected chi connectivity index (χ2v) is 6.13. The zero-order valence-electron chi connectivity index (χ0n) is 12.5. The van der Waals surface area contributed by atoms with E-state index in [1.807, 2.05) is 0 Å². The molecule has 0 aromatic heterocycles. The van der Waals surface area contributed by atoms with E-state index in [9.17, 15) is 14.7 Å². The van der Waals surface area contributed by atoms with Gasteiger partial charge in [0.2, 0.25) is 5.78 Å². The summed E-state index contributed by atoms with van der Waals surface area (Å²) in [6, 6.07) is 6.69. The predicted molar refractivity (Wildman–Crippen MR) is 85.0 cm³/mol. The first-order valence-electron chi connectivity index (χ1n) is 7.89. The topological polar surface area (TPSA) is 54.4 Å². The number of fused-ring (bicyclic) bond motifs is 1. The van der Waals surface area contributed by atoms with Crippen molar-refractivity contribution in [1.82, 2.24) is 0 Å². The lowest BCUT2D eigenvalue weighted by molar-refractivity contribution is 0.0915. The summed E-state index contributed by atoms with van der Waals surface area (Å²) in [6.45, 7) is 3.85. The van der Waals surface area contributed by atoms with Crippen molar-refractivity contribution in [3.05, 3.63) is 59.4 Å². The molecular formula is C19H20O3. The molecule has 1 fully saturated rings. The summed E-state index contributed by atoms with van der Waals surface area (Å²) >= 11 is 0. The van der Waals surface area contributed by atoms with Crippen LogP contribution in [0.25, 0.3) is 0 Å². The fourth-order valence-corrected chi connectivity index (χ4v) is 3.73. The number of ketones is 2. The quantitative estimate of drug-likeness (QED) is 0.848. The Balaban J connectivity index is 2.05. The first-order chi connectivity index (χ1) is 10.6. The number of Topliss-reactive ketones (excluding diaryl/α,β-unsaturated/α-hetero) is 2. The molecule has 1 atom stereocenters. The maximum Gasteiger partial charge on any atom is 0.228 e. The minimum Gasteiger partial charge on any atom is -0.504 e. The summed E-state index contributed by atoms with van der Waals surface area (Å²) in [5.41, 5.74) is 0.925. The zero-order valence-corrected chi connectivity index (χ0v) is 12.5. The number of aliphatic hydroxyl groups excluding tert-OH is 1. The van der Waals surface area contributed by atoms with Crippen LogP contribution in [0.3, 0.4) is 0 Å². The van der Waals surface area contributed by atoms with Crippen LogP contribution < -0.4 is 0 Å². The lowest BCUT2D eigenvalue weighted by atomic mass is 9.72. The third-order valence-electron chi connectivity index (χ3n) is 4.88. The van der Waals surface area contributed by atoms with Gasteiger partial charge in [-0.05, 0) is 18.8 Å². The van der Waals surface area contributed by atoms with Gasteiger partial charge in [-0.25, -0.2) is 0 Å². The lowest BCUT2D eigenvalue weighted by Crippen LogP contribution is -2.29. The molecule has 1 saturated carbocycles. The fraction of sp³-hybridized carbons (Fsp3) is 0.368. The number of hydrogen-bond acceptors (Lipinski definition) is 3. The monoisotopic (exact) mass is 296 g/mol. The number of carbonyl (C=O) groups excluding carboxylic acids is 2. The minimum atomic E-state index is -0.451. The highest BCUT2D eigenvalue weighted by atomic mass is 16.3. The van der Waals surface area contributed by atoms with Crippen LogP contribution in [0.4, 0.5) is 0 Å². The van der Waals surface area contributed by atoms with Crippen molar-refractivity contribution in [2.45, 2.75) is 32.1 Å². The SMILES string of the molecule is C=CC(C1=C(O)C(=O)c2ccccc2C1=O)C1CCCCC1. The van der Waals surface area contributed by atoms with E-state index in [2.05, 4.69) is 6.58 Å². The molecule has 1 aromatic rings. The van der Waals surface area contributed by atoms with Gasteiger partial charge < -0.3 is 5.11 Å². The van der Waals surface area contributed by atoms with Crippen molar-refractivity contribution in [1.29, 1.82) is 0 Å². The molecule has 0 amide bonds. The molecule has 0 bridgehead atoms. The van der Waals surface area contributed by atoms with Gasteiger partial charge in [0, 0.05) is 17.0 Å². The lowest BCUT2D eigenvalue weighted by Gasteiger charge is -2.31. The molecule has 2 aliphatic rings. The van der Waals surface area contributed by atoms with Crippen LogP contribution in [-0.4, -0.2) is 16.7 Å². The van der Waals surface area contributed by atoms with E-state index in [0.29, 0.717) is 11.1 Å². The molecule has 0 spiro atoms. The summed E-state index contributed by atoms with van der Waals surface area (Å²) in [4.78, 5) is 25.2. The number of carbonyl (C=O) groups is 2. The normalized spacial score (nSPS) is 20.7. The van der Waals surface area contributed by atoms with Gasteiger partial charge in [0.05, 0.1) is 5.57 Å². The molecule has 0 radical (unpaired) electrons. The molecule has 0 aliphatic heterocycles. The van der Waals surface area contributed by atoms with Gasteiger partial charge in [0.15, 0.2) is 11.5 Å². The van der Waals surface area contributed by atoms with Gasteiger partial charge in [0.1, 0.15) is 0 Å². The van der Waals surface area contributed by atoms with Gasteiger partial charge in [0.25, 0.3) is 0 Å². The van der Waals surface area contributed by atoms with Gasteiger partial charge in [-0.2, -0.15) is 0 Å². The van der Waals surface area contributed by atoms with Crippen molar-refractivity contribution in [2.24, 2.45) is 11.8 Å². The Morgan fingerprint density at radius 3 is 2.23 bits per heavy atom. The Morgan fingerprint density at radius 2 is 1.64 bits per heavy atom. The summed E-state index contributed by atoms with van der Waals surface area (Å²) in [6.07, 6.45) is 7.21. The summed E-state index contributed by atoms with van der Waals surface area (Å²) in [7, 11) is 0. The average Bonchev–Trinajstić information content (AvgIpc) is 2.57. The number of rotatable bonds is 3. The van der Waals surface area contributed by atoms with Crippen LogP contribution in [-0.2, 0) is 0 Å². The Hall–Kier alpha value is -2.16. The molecule has 0 saturated heterocycles. The van der Waals surface area contributed by atoms with Crippen molar-refractivity contribution in [3.63, 3.8) is 0 Å². The summed E-state index contributed by atoms with van der Waals surface area (Å²) < 4.78 is 0. The standard InChI is InChI=1S/C19H20O3/c1-2-13(12-8-4-3-5-9-12)16-17(20)14-10-6-7-11-15(14)18(21)19(16)22/h2,6-7,10-13,22H,1,3-5,8-9H2. The number of hydrogen-bond donors (Lipinski definition) is 1. The van der Waals surface area contributed by atoms with Gasteiger partial charge >= 0.3 is 0 Å². The van der Waals surface area contributed by atoms with Crippen LogP contribution >= 0.6 is 0 Å². The molecule has 1 unspecified atom stereocenters. The maximum absolute atomic E-state index is 12.8. The molecular weight excluding hydrogens is 276 g/mol. The van der Waals surface area contributed by atoms with Gasteiger partial charge in [-0.15, -0.1) is 6.58 Å². The van der Waals surface area contributed by atoms with E-state index < -0.39 is 5.78 Å². The van der Waals surface area contributed by atoms with Crippen LogP contribution in [0.15, 0.2) is 48.3 Å². The smallest absolute Gasteiger partial charge is 0.228 e. The molecule has 3 rings (SSSR count). The third kappa shape index (κ3) is 2.31. The van der Waals surface area contributed by atoms with E-state index >= 15 is 0 Å². The molecule has 3 nitrogen and oxygen atoms in total. The molecule has 3 heteroatoms. The molecule has 114 valence electrons. The fourth-order valence-electron chi connectivity index (χ4n) is 3.73. The van der Waals surface area contributed by atoms with Crippen LogP contribution in [0.1, 0.15) is 52.8 Å². The summed E-state index contributed by atoms with van der Waals surface area (Å²) in [5.74, 6) is -1.04. The van der Waals surface area contributed by atoms with E-state index in [4.69, 9.17) is 0 Å². The van der Waals surface area contributed by atoms with Crippen molar-refractivity contribution in [2.75, 3.05) is 0 Å². The number of aliphatic hydroxyl groups is 1. The van der Waals surface area contributed by atoms with Crippen LogP contribution in [0.2, 0.25) is 0 Å². The van der Waals surface area contributed by atoms with E-state index in [1.54, 1.807) is 30.3 Å². The Morgan fingerprint density at radius 1 is 1.05 bits per heavy atom. The second kappa shape index (κ2) is 5.91. The molecule has 0 heterocycles. The third-order valence-corrected chi connectivity index (χ3v) is 4.88. The van der Waals surface area contributed by atoms with Crippen LogP contribution in [0.5, 0.6) is 0 Å². The molecule has 1 aromatic carbocycles. The van der Waals surface area contributed by atoms with Crippen molar-refractivity contribution < 1.29 is 14.7 Å². The maximum atomic E-state index is 12.8. The minimum absolute atomic E-state index is 0.233. The van der Waals surface area contributed by atoms with Crippen molar-refractivity contribution in [3.8, 4) is 0 Å². The average molecular weight is 296 g/mol. The van der Waals surface area contributed by atoms with E-state index in [0.717, 1.165) is 25.7 Å². The van der Waals surface area contributed by atoms with Gasteiger partial charge in [-0.1, -0.05) is 49.6 Å². The Labute approximate surface area is 130 Å². The zero-order chi connectivity index (χ0) is 15.7. The number of allylic oxidation sites excluding steroid dienone is 3. The van der Waals surface area contributed by atoms with Gasteiger partial charge in [-0.3, -0.25) is 9.59 Å². The largest absolute Gasteiger partial charge is 0.504 e. The van der Waals surface area contributed by atoms with Crippen molar-refractivity contribution >= 4 is 11.6 Å². The van der Waals surface area contributed by atoms with E-state index in [-0.39, 0.29) is 29.0 Å². The molecule has 22 heavy (non-hydrogen) atoms. The highest BCUT2D eigenvalue weighted by Gasteiger charge is 2.38. The first kappa shape index (κ1) is 14.8. The molecule has 1 N–H and O–H groups in total. The van der Waals surface area contributed by atoms with Crippen LogP contribution in [0, 0.1) is 11.8 Å². The highest BCUT2D eigenvalue weighted by Crippen LogP contribution is 2.39. The Kier molecular flexibility index (Phi) is 3.97. The Bertz CT molecular complexity index is 663. The highest BCUT2D eigenvalue weighted by molar-refractivity contribution is 6.26.